The number of piperazine rings is 1. The molecule has 0 unspecified atom stereocenters. The third-order valence-electron chi connectivity index (χ3n) is 3.36. The van der Waals surface area contributed by atoms with Crippen molar-refractivity contribution >= 4 is 33.8 Å². The number of thiazole rings is 2. The van der Waals surface area contributed by atoms with Crippen molar-refractivity contribution < 1.29 is 0 Å². The third-order valence-corrected chi connectivity index (χ3v) is 5.09. The standard InChI is InChI=1S/C13H18N6S2/c1-10-16-8-11(21-10)9-17-12(14)18-3-5-19(6-4-18)13-15-2-7-20-13/h2,7-8H,3-6,9H2,1H3,(H2,14,17). The van der Waals surface area contributed by atoms with E-state index in [2.05, 4.69) is 24.8 Å². The smallest absolute Gasteiger partial charge is 0.191 e. The molecule has 2 N–H and O–H groups in total. The SMILES string of the molecule is Cc1ncc(CN=C(N)N2CCN(c3nccs3)CC2)s1. The average molecular weight is 322 g/mol. The predicted octanol–water partition coefficient (Wildman–Crippen LogP) is 1.54. The van der Waals surface area contributed by atoms with Crippen LogP contribution < -0.4 is 10.6 Å². The largest absolute Gasteiger partial charge is 0.370 e. The quantitative estimate of drug-likeness (QED) is 0.686. The minimum Gasteiger partial charge on any atom is -0.370 e. The lowest BCUT2D eigenvalue weighted by Gasteiger charge is -2.35. The van der Waals surface area contributed by atoms with E-state index in [9.17, 15) is 0 Å². The van der Waals surface area contributed by atoms with Gasteiger partial charge in [-0.3, -0.25) is 0 Å². The molecule has 2 aromatic heterocycles. The second-order valence-corrected chi connectivity index (χ2v) is 7.00. The van der Waals surface area contributed by atoms with Crippen LogP contribution in [0.3, 0.4) is 0 Å². The number of nitrogens with two attached hydrogens (primary N) is 1. The van der Waals surface area contributed by atoms with Gasteiger partial charge in [-0.15, -0.1) is 22.7 Å². The van der Waals surface area contributed by atoms with Gasteiger partial charge in [0.25, 0.3) is 0 Å². The molecule has 1 aliphatic heterocycles. The number of rotatable bonds is 3. The highest BCUT2D eigenvalue weighted by molar-refractivity contribution is 7.13. The number of aromatic nitrogens is 2. The zero-order valence-corrected chi connectivity index (χ0v) is 13.5. The summed E-state index contributed by atoms with van der Waals surface area (Å²) in [5.41, 5.74) is 6.10. The second-order valence-electron chi connectivity index (χ2n) is 4.81. The van der Waals surface area contributed by atoms with Crippen molar-refractivity contribution in [1.29, 1.82) is 0 Å². The van der Waals surface area contributed by atoms with E-state index < -0.39 is 0 Å². The third kappa shape index (κ3) is 3.51. The average Bonchev–Trinajstić information content (AvgIpc) is 3.16. The molecule has 1 aliphatic rings. The van der Waals surface area contributed by atoms with Crippen LogP contribution in [-0.4, -0.2) is 47.0 Å². The summed E-state index contributed by atoms with van der Waals surface area (Å²) in [5, 5.41) is 4.16. The maximum absolute atomic E-state index is 6.10. The summed E-state index contributed by atoms with van der Waals surface area (Å²) in [7, 11) is 0. The molecule has 0 radical (unpaired) electrons. The Hall–Kier alpha value is -1.67. The summed E-state index contributed by atoms with van der Waals surface area (Å²) in [5.74, 6) is 0.625. The topological polar surface area (TPSA) is 70.6 Å². The summed E-state index contributed by atoms with van der Waals surface area (Å²) >= 11 is 3.35. The van der Waals surface area contributed by atoms with Gasteiger partial charge in [0.15, 0.2) is 11.1 Å². The lowest BCUT2D eigenvalue weighted by molar-refractivity contribution is 0.380. The van der Waals surface area contributed by atoms with E-state index in [4.69, 9.17) is 5.73 Å². The van der Waals surface area contributed by atoms with E-state index in [1.165, 1.54) is 0 Å². The first-order valence-corrected chi connectivity index (χ1v) is 8.52. The zero-order valence-electron chi connectivity index (χ0n) is 11.9. The van der Waals surface area contributed by atoms with Crippen molar-refractivity contribution in [2.45, 2.75) is 13.5 Å². The van der Waals surface area contributed by atoms with Gasteiger partial charge >= 0.3 is 0 Å². The summed E-state index contributed by atoms with van der Waals surface area (Å²) in [4.78, 5) is 18.6. The van der Waals surface area contributed by atoms with Crippen LogP contribution in [0.2, 0.25) is 0 Å². The maximum Gasteiger partial charge on any atom is 0.191 e. The highest BCUT2D eigenvalue weighted by Crippen LogP contribution is 2.19. The van der Waals surface area contributed by atoms with Crippen molar-refractivity contribution in [3.05, 3.63) is 27.7 Å². The number of aliphatic imine (C=N–C) groups is 1. The van der Waals surface area contributed by atoms with Crippen LogP contribution in [0.4, 0.5) is 5.13 Å². The molecule has 8 heteroatoms. The molecule has 2 aromatic rings. The van der Waals surface area contributed by atoms with Crippen LogP contribution in [0.25, 0.3) is 0 Å². The fourth-order valence-electron chi connectivity index (χ4n) is 2.24. The molecule has 0 aromatic carbocycles. The molecule has 112 valence electrons. The molecule has 21 heavy (non-hydrogen) atoms. The summed E-state index contributed by atoms with van der Waals surface area (Å²) < 4.78 is 0. The van der Waals surface area contributed by atoms with Gasteiger partial charge in [0.2, 0.25) is 0 Å². The molecule has 1 fully saturated rings. The number of hydrogen-bond acceptors (Lipinski definition) is 6. The second kappa shape index (κ2) is 6.40. The molecule has 0 saturated carbocycles. The van der Waals surface area contributed by atoms with Crippen LogP contribution in [0, 0.1) is 6.92 Å². The summed E-state index contributed by atoms with van der Waals surface area (Å²) in [6, 6.07) is 0. The number of anilines is 1. The highest BCUT2D eigenvalue weighted by Gasteiger charge is 2.19. The normalized spacial score (nSPS) is 16.5. The fourth-order valence-corrected chi connectivity index (χ4v) is 3.65. The molecule has 0 bridgehead atoms. The molecule has 3 rings (SSSR count). The van der Waals surface area contributed by atoms with Gasteiger partial charge < -0.3 is 15.5 Å². The predicted molar refractivity (Wildman–Crippen MR) is 88.1 cm³/mol. The van der Waals surface area contributed by atoms with Gasteiger partial charge in [0.1, 0.15) is 0 Å². The monoisotopic (exact) mass is 322 g/mol. The highest BCUT2D eigenvalue weighted by atomic mass is 32.1. The van der Waals surface area contributed by atoms with Crippen LogP contribution in [0.5, 0.6) is 0 Å². The van der Waals surface area contributed by atoms with E-state index in [1.54, 1.807) is 22.7 Å². The number of hydrogen-bond donors (Lipinski definition) is 1. The minimum atomic E-state index is 0.615. The molecular weight excluding hydrogens is 304 g/mol. The molecule has 0 atom stereocenters. The summed E-state index contributed by atoms with van der Waals surface area (Å²) in [6.07, 6.45) is 3.72. The Bertz CT molecular complexity index is 598. The maximum atomic E-state index is 6.10. The van der Waals surface area contributed by atoms with Crippen LogP contribution in [0.15, 0.2) is 22.8 Å². The first-order chi connectivity index (χ1) is 10.2. The molecule has 6 nitrogen and oxygen atoms in total. The molecule has 1 saturated heterocycles. The van der Waals surface area contributed by atoms with Crippen molar-refractivity contribution in [3.63, 3.8) is 0 Å². The number of aryl methyl sites for hydroxylation is 1. The Morgan fingerprint density at radius 1 is 1.33 bits per heavy atom. The fraction of sp³-hybridized carbons (Fsp3) is 0.462. The van der Waals surface area contributed by atoms with Crippen molar-refractivity contribution in [2.75, 3.05) is 31.1 Å². The molecule has 0 aliphatic carbocycles. The number of guanidine groups is 1. The van der Waals surface area contributed by atoms with Crippen molar-refractivity contribution in [1.82, 2.24) is 14.9 Å². The molecule has 0 amide bonds. The van der Waals surface area contributed by atoms with Gasteiger partial charge in [-0.1, -0.05) is 0 Å². The first kappa shape index (κ1) is 14.3. The van der Waals surface area contributed by atoms with E-state index in [-0.39, 0.29) is 0 Å². The first-order valence-electron chi connectivity index (χ1n) is 6.83. The van der Waals surface area contributed by atoms with E-state index in [0.29, 0.717) is 12.5 Å². The Kier molecular flexibility index (Phi) is 4.35. The Balaban J connectivity index is 1.53. The van der Waals surface area contributed by atoms with Gasteiger partial charge in [0, 0.05) is 48.8 Å². The minimum absolute atomic E-state index is 0.615. The Morgan fingerprint density at radius 2 is 2.14 bits per heavy atom. The molecule has 0 spiro atoms. The molecular formula is C13H18N6S2. The lowest BCUT2D eigenvalue weighted by atomic mass is 10.3. The zero-order chi connectivity index (χ0) is 14.7. The number of nitrogens with zero attached hydrogens (tertiary/aromatic N) is 5. The van der Waals surface area contributed by atoms with E-state index >= 15 is 0 Å². The van der Waals surface area contributed by atoms with Crippen LogP contribution >= 0.6 is 22.7 Å². The summed E-state index contributed by atoms with van der Waals surface area (Å²) in [6.45, 7) is 6.25. The van der Waals surface area contributed by atoms with Crippen molar-refractivity contribution in [2.24, 2.45) is 10.7 Å². The lowest BCUT2D eigenvalue weighted by Crippen LogP contribution is -2.51. The van der Waals surface area contributed by atoms with Gasteiger partial charge in [-0.2, -0.15) is 0 Å². The Labute approximate surface area is 132 Å². The van der Waals surface area contributed by atoms with Crippen molar-refractivity contribution in [3.8, 4) is 0 Å². The molecule has 3 heterocycles. The van der Waals surface area contributed by atoms with E-state index in [0.717, 1.165) is 41.2 Å². The van der Waals surface area contributed by atoms with Crippen LogP contribution in [0.1, 0.15) is 9.88 Å². The Morgan fingerprint density at radius 3 is 2.76 bits per heavy atom. The van der Waals surface area contributed by atoms with Gasteiger partial charge in [-0.05, 0) is 6.92 Å². The van der Waals surface area contributed by atoms with Crippen LogP contribution in [-0.2, 0) is 6.54 Å². The van der Waals surface area contributed by atoms with E-state index in [1.807, 2.05) is 24.7 Å². The van der Waals surface area contributed by atoms with Gasteiger partial charge in [-0.25, -0.2) is 15.0 Å². The van der Waals surface area contributed by atoms with Gasteiger partial charge in [0.05, 0.1) is 11.6 Å².